The summed E-state index contributed by atoms with van der Waals surface area (Å²) in [5.74, 6) is 1.56. The second kappa shape index (κ2) is 5.75. The molecule has 1 aliphatic heterocycles. The summed E-state index contributed by atoms with van der Waals surface area (Å²) in [6, 6.07) is 9.75. The minimum atomic E-state index is 0.683. The maximum atomic E-state index is 5.53. The van der Waals surface area contributed by atoms with Crippen LogP contribution in [0.4, 0.5) is 17.3 Å². The van der Waals surface area contributed by atoms with E-state index in [0.717, 1.165) is 46.6 Å². The van der Waals surface area contributed by atoms with Gasteiger partial charge >= 0.3 is 0 Å². The molecule has 1 saturated heterocycles. The van der Waals surface area contributed by atoms with Crippen LogP contribution >= 0.6 is 0 Å². The van der Waals surface area contributed by atoms with Crippen LogP contribution in [0.25, 0.3) is 22.0 Å². The molecule has 1 aliphatic rings. The van der Waals surface area contributed by atoms with Crippen molar-refractivity contribution in [3.05, 3.63) is 36.5 Å². The summed E-state index contributed by atoms with van der Waals surface area (Å²) in [6.45, 7) is 3.08. The Hall–Kier alpha value is -3.13. The van der Waals surface area contributed by atoms with Gasteiger partial charge in [0, 0.05) is 31.0 Å². The molecule has 0 spiro atoms. The van der Waals surface area contributed by atoms with Crippen LogP contribution in [0.5, 0.6) is 0 Å². The SMILES string of the molecule is c1cnc2c(Nc3ccc4c(N5CCOCC5)noc4c3)n[nH]c2c1. The van der Waals surface area contributed by atoms with E-state index in [0.29, 0.717) is 19.0 Å². The predicted octanol–water partition coefficient (Wildman–Crippen LogP) is 2.68. The van der Waals surface area contributed by atoms with Gasteiger partial charge in [-0.3, -0.25) is 10.1 Å². The molecule has 4 aromatic rings. The molecule has 8 nitrogen and oxygen atoms in total. The first-order valence-electron chi connectivity index (χ1n) is 8.17. The highest BCUT2D eigenvalue weighted by molar-refractivity contribution is 5.93. The fourth-order valence-electron chi connectivity index (χ4n) is 3.08. The van der Waals surface area contributed by atoms with Crippen LogP contribution in [-0.2, 0) is 4.74 Å². The van der Waals surface area contributed by atoms with Crippen molar-refractivity contribution in [1.29, 1.82) is 0 Å². The number of aromatic amines is 1. The van der Waals surface area contributed by atoms with E-state index in [1.54, 1.807) is 6.20 Å². The molecule has 0 saturated carbocycles. The van der Waals surface area contributed by atoms with E-state index in [1.807, 2.05) is 30.3 Å². The second-order valence-corrected chi connectivity index (χ2v) is 5.91. The monoisotopic (exact) mass is 336 g/mol. The number of aromatic nitrogens is 4. The fraction of sp³-hybridized carbons (Fsp3) is 0.235. The smallest absolute Gasteiger partial charge is 0.180 e. The number of hydrogen-bond donors (Lipinski definition) is 2. The maximum absolute atomic E-state index is 5.53. The number of ether oxygens (including phenoxy) is 1. The molecular weight excluding hydrogens is 320 g/mol. The van der Waals surface area contributed by atoms with Gasteiger partial charge < -0.3 is 19.5 Å². The van der Waals surface area contributed by atoms with Crippen molar-refractivity contribution in [1.82, 2.24) is 20.3 Å². The molecule has 0 unspecified atom stereocenters. The van der Waals surface area contributed by atoms with Gasteiger partial charge in [-0.1, -0.05) is 5.16 Å². The minimum Gasteiger partial charge on any atom is -0.378 e. The van der Waals surface area contributed by atoms with Crippen molar-refractivity contribution in [2.24, 2.45) is 0 Å². The topological polar surface area (TPSA) is 92.1 Å². The van der Waals surface area contributed by atoms with Gasteiger partial charge in [-0.05, 0) is 24.3 Å². The standard InChI is InChI=1S/C17H16N6O2/c1-2-13-15(18-5-1)16(21-20-13)19-11-3-4-12-14(10-11)25-22-17(12)23-6-8-24-9-7-23/h1-5,10H,6-9H2,(H2,19,20,21). The third-order valence-electron chi connectivity index (χ3n) is 4.35. The molecule has 1 aromatic carbocycles. The molecule has 4 heterocycles. The molecule has 0 atom stereocenters. The first-order valence-corrected chi connectivity index (χ1v) is 8.17. The molecule has 25 heavy (non-hydrogen) atoms. The first kappa shape index (κ1) is 14.2. The Morgan fingerprint density at radius 3 is 3.00 bits per heavy atom. The Balaban J connectivity index is 1.47. The number of nitrogens with one attached hydrogen (secondary N) is 2. The van der Waals surface area contributed by atoms with E-state index in [4.69, 9.17) is 9.26 Å². The summed E-state index contributed by atoms with van der Waals surface area (Å²) in [5, 5.41) is 15.8. The quantitative estimate of drug-likeness (QED) is 0.594. The van der Waals surface area contributed by atoms with Gasteiger partial charge in [0.15, 0.2) is 17.2 Å². The summed E-state index contributed by atoms with van der Waals surface area (Å²) in [4.78, 5) is 6.54. The van der Waals surface area contributed by atoms with Gasteiger partial charge in [-0.25, -0.2) is 0 Å². The van der Waals surface area contributed by atoms with Crippen LogP contribution in [-0.4, -0.2) is 46.6 Å². The molecule has 5 rings (SSSR count). The highest BCUT2D eigenvalue weighted by Crippen LogP contribution is 2.30. The third kappa shape index (κ3) is 2.47. The number of morpholine rings is 1. The molecule has 0 aliphatic carbocycles. The fourth-order valence-corrected chi connectivity index (χ4v) is 3.08. The largest absolute Gasteiger partial charge is 0.378 e. The van der Waals surface area contributed by atoms with E-state index in [2.05, 4.69) is 30.6 Å². The van der Waals surface area contributed by atoms with Crippen molar-refractivity contribution in [3.8, 4) is 0 Å². The Kier molecular flexibility index (Phi) is 3.27. The third-order valence-corrected chi connectivity index (χ3v) is 4.35. The Bertz CT molecular complexity index is 1030. The van der Waals surface area contributed by atoms with Crippen LogP contribution in [0.3, 0.4) is 0 Å². The Morgan fingerprint density at radius 1 is 1.16 bits per heavy atom. The summed E-state index contributed by atoms with van der Waals surface area (Å²) in [6.07, 6.45) is 1.75. The van der Waals surface area contributed by atoms with Crippen molar-refractivity contribution < 1.29 is 9.26 Å². The highest BCUT2D eigenvalue weighted by Gasteiger charge is 2.18. The minimum absolute atomic E-state index is 0.683. The number of rotatable bonds is 3. The van der Waals surface area contributed by atoms with E-state index >= 15 is 0 Å². The molecule has 126 valence electrons. The zero-order chi connectivity index (χ0) is 16.6. The van der Waals surface area contributed by atoms with Gasteiger partial charge in [0.25, 0.3) is 0 Å². The van der Waals surface area contributed by atoms with Gasteiger partial charge in [0.05, 0.1) is 24.1 Å². The second-order valence-electron chi connectivity index (χ2n) is 5.91. The highest BCUT2D eigenvalue weighted by atomic mass is 16.5. The summed E-state index contributed by atoms with van der Waals surface area (Å²) in [5.41, 5.74) is 3.30. The number of pyridine rings is 1. The van der Waals surface area contributed by atoms with E-state index in [1.165, 1.54) is 0 Å². The normalized spacial score (nSPS) is 15.1. The van der Waals surface area contributed by atoms with Crippen molar-refractivity contribution in [3.63, 3.8) is 0 Å². The number of anilines is 3. The molecule has 0 amide bonds. The lowest BCUT2D eigenvalue weighted by Gasteiger charge is -2.26. The number of H-pyrrole nitrogens is 1. The van der Waals surface area contributed by atoms with E-state index in [9.17, 15) is 0 Å². The van der Waals surface area contributed by atoms with Crippen molar-refractivity contribution in [2.75, 3.05) is 36.5 Å². The summed E-state index contributed by atoms with van der Waals surface area (Å²) >= 11 is 0. The van der Waals surface area contributed by atoms with Crippen LogP contribution < -0.4 is 10.2 Å². The summed E-state index contributed by atoms with van der Waals surface area (Å²) < 4.78 is 10.9. The first-order chi connectivity index (χ1) is 12.4. The molecule has 2 N–H and O–H groups in total. The molecule has 0 bridgehead atoms. The Labute approximate surface area is 142 Å². The number of nitrogens with zero attached hydrogens (tertiary/aromatic N) is 4. The number of hydrogen-bond acceptors (Lipinski definition) is 7. The van der Waals surface area contributed by atoms with Gasteiger partial charge in [-0.2, -0.15) is 5.10 Å². The average Bonchev–Trinajstić information content (AvgIpc) is 3.27. The van der Waals surface area contributed by atoms with E-state index < -0.39 is 0 Å². The average molecular weight is 336 g/mol. The van der Waals surface area contributed by atoms with Gasteiger partial charge in [-0.15, -0.1) is 0 Å². The molecular formula is C17H16N6O2. The van der Waals surface area contributed by atoms with Gasteiger partial charge in [0.1, 0.15) is 5.52 Å². The van der Waals surface area contributed by atoms with Crippen LogP contribution in [0.15, 0.2) is 41.1 Å². The maximum Gasteiger partial charge on any atom is 0.180 e. The lowest BCUT2D eigenvalue weighted by molar-refractivity contribution is 0.122. The van der Waals surface area contributed by atoms with Crippen LogP contribution in [0.2, 0.25) is 0 Å². The summed E-state index contributed by atoms with van der Waals surface area (Å²) in [7, 11) is 0. The zero-order valence-electron chi connectivity index (χ0n) is 13.4. The molecule has 0 radical (unpaired) electrons. The molecule has 1 fully saturated rings. The lowest BCUT2D eigenvalue weighted by atomic mass is 10.2. The van der Waals surface area contributed by atoms with Crippen molar-refractivity contribution >= 4 is 39.3 Å². The molecule has 8 heteroatoms. The van der Waals surface area contributed by atoms with Crippen molar-refractivity contribution in [2.45, 2.75) is 0 Å². The lowest BCUT2D eigenvalue weighted by Crippen LogP contribution is -2.36. The number of fused-ring (bicyclic) bond motifs is 2. The number of benzene rings is 1. The van der Waals surface area contributed by atoms with Gasteiger partial charge in [0.2, 0.25) is 0 Å². The molecule has 3 aromatic heterocycles. The van der Waals surface area contributed by atoms with Crippen LogP contribution in [0, 0.1) is 0 Å². The Morgan fingerprint density at radius 2 is 2.08 bits per heavy atom. The van der Waals surface area contributed by atoms with Crippen LogP contribution in [0.1, 0.15) is 0 Å². The zero-order valence-corrected chi connectivity index (χ0v) is 13.4. The van der Waals surface area contributed by atoms with E-state index in [-0.39, 0.29) is 0 Å². The predicted molar refractivity (Wildman–Crippen MR) is 94.2 cm³/mol.